The van der Waals surface area contributed by atoms with E-state index in [-0.39, 0.29) is 17.3 Å². The summed E-state index contributed by atoms with van der Waals surface area (Å²) in [5.41, 5.74) is 2.71. The smallest absolute Gasteiger partial charge is 0.337 e. The van der Waals surface area contributed by atoms with Crippen LogP contribution in [-0.4, -0.2) is 115 Å². The van der Waals surface area contributed by atoms with Crippen molar-refractivity contribution in [3.63, 3.8) is 0 Å². The zero-order valence-corrected chi connectivity index (χ0v) is 35.9. The number of carbonyl (C=O) groups excluding carboxylic acids is 2. The molecule has 0 aliphatic carbocycles. The number of nitrogens with one attached hydrogen (secondary N) is 1. The Morgan fingerprint density at radius 1 is 0.633 bits per heavy atom. The summed E-state index contributed by atoms with van der Waals surface area (Å²) in [6, 6.07) is 7.13. The molecule has 0 bridgehead atoms. The molecular formula is C49H69N5O6. The summed E-state index contributed by atoms with van der Waals surface area (Å²) in [6.45, 7) is 11.6. The van der Waals surface area contributed by atoms with Crippen LogP contribution in [0.3, 0.4) is 0 Å². The number of pyridine rings is 2. The standard InChI is InChI=1S/C37H53N3O3.C12H16N2O3/c1-2-3-4-5-6-7-8-9-10-11-12-13-14-15-16-17-18-19-20-22-36(41)23-21-27-38-37(42)34-24-25-35(39-33-34)26-28-40-29-31-43-32-30-40;15-12(16)10-1-2-11(13-9-10)3-4-14-5-7-17-8-6-14/h3-4,6-7,9-10,12-13,15-16,18-19,24-25,33H,2,5,8,11,14,17,20-23,26-32H2,1H3,(H,38,42);1-2,9H,3-8H2,(H,15,16)/b4-3-,7-6-,10-9-,13-12-,16-15-,19-18-;. The van der Waals surface area contributed by atoms with Crippen molar-refractivity contribution in [2.24, 2.45) is 0 Å². The van der Waals surface area contributed by atoms with Crippen molar-refractivity contribution in [2.75, 3.05) is 72.2 Å². The van der Waals surface area contributed by atoms with Crippen LogP contribution in [0.15, 0.2) is 110 Å². The number of amides is 1. The van der Waals surface area contributed by atoms with E-state index in [1.165, 1.54) is 6.20 Å². The van der Waals surface area contributed by atoms with Crippen molar-refractivity contribution in [2.45, 2.75) is 84.0 Å². The van der Waals surface area contributed by atoms with Crippen molar-refractivity contribution in [1.82, 2.24) is 25.1 Å². The number of ether oxygens (including phenoxy) is 2. The third-order valence-corrected chi connectivity index (χ3v) is 9.84. The van der Waals surface area contributed by atoms with Crippen LogP contribution in [0.1, 0.15) is 103 Å². The Morgan fingerprint density at radius 2 is 1.08 bits per heavy atom. The van der Waals surface area contributed by atoms with Gasteiger partial charge < -0.3 is 19.9 Å². The van der Waals surface area contributed by atoms with Gasteiger partial charge in [-0.15, -0.1) is 0 Å². The summed E-state index contributed by atoms with van der Waals surface area (Å²) >= 11 is 0. The Morgan fingerprint density at radius 3 is 1.52 bits per heavy atom. The molecule has 0 saturated carbocycles. The Bertz CT molecular complexity index is 1650. The van der Waals surface area contributed by atoms with Gasteiger partial charge >= 0.3 is 5.97 Å². The van der Waals surface area contributed by atoms with E-state index in [0.29, 0.717) is 31.4 Å². The first-order valence-electron chi connectivity index (χ1n) is 21.9. The van der Waals surface area contributed by atoms with Crippen LogP contribution >= 0.6 is 0 Å². The van der Waals surface area contributed by atoms with Crippen LogP contribution in [-0.2, 0) is 27.1 Å². The Labute approximate surface area is 359 Å². The van der Waals surface area contributed by atoms with Crippen LogP contribution in [0.4, 0.5) is 0 Å². The van der Waals surface area contributed by atoms with Gasteiger partial charge in [-0.25, -0.2) is 4.79 Å². The second-order valence-electron chi connectivity index (χ2n) is 14.6. The first-order chi connectivity index (χ1) is 29.4. The molecule has 2 N–H and O–H groups in total. The molecule has 0 atom stereocenters. The molecule has 2 fully saturated rings. The normalized spacial score (nSPS) is 15.5. The SMILES string of the molecule is CC/C=C\C/C=C\C/C=C\C/C=C\C/C=C\C/C=C\CCC(=O)CCCNC(=O)c1ccc(CCN2CCOCC2)nc1.O=C(O)c1ccc(CCN2CCOCC2)nc1. The first-order valence-corrected chi connectivity index (χ1v) is 21.9. The lowest BCUT2D eigenvalue weighted by atomic mass is 10.1. The summed E-state index contributed by atoms with van der Waals surface area (Å²) < 4.78 is 10.7. The maximum absolute atomic E-state index is 12.4. The van der Waals surface area contributed by atoms with Gasteiger partial charge in [0.25, 0.3) is 5.91 Å². The molecule has 2 saturated heterocycles. The quantitative estimate of drug-likeness (QED) is 0.0707. The second-order valence-corrected chi connectivity index (χ2v) is 14.6. The predicted molar refractivity (Wildman–Crippen MR) is 241 cm³/mol. The van der Waals surface area contributed by atoms with E-state index in [1.807, 2.05) is 12.1 Å². The van der Waals surface area contributed by atoms with Crippen molar-refractivity contribution in [1.29, 1.82) is 0 Å². The fourth-order valence-electron chi connectivity index (χ4n) is 6.20. The number of aromatic carboxylic acids is 1. The number of nitrogens with zero attached hydrogens (tertiary/aromatic N) is 4. The van der Waals surface area contributed by atoms with Gasteiger partial charge in [-0.1, -0.05) is 79.8 Å². The molecule has 2 aliphatic heterocycles. The van der Waals surface area contributed by atoms with Crippen molar-refractivity contribution >= 4 is 17.7 Å². The highest BCUT2D eigenvalue weighted by atomic mass is 16.5. The average molecular weight is 824 g/mol. The highest BCUT2D eigenvalue weighted by molar-refractivity contribution is 5.93. The van der Waals surface area contributed by atoms with E-state index < -0.39 is 5.97 Å². The first kappa shape index (κ1) is 49.6. The third-order valence-electron chi connectivity index (χ3n) is 9.84. The highest BCUT2D eigenvalue weighted by Crippen LogP contribution is 2.07. The molecule has 2 aromatic rings. The molecule has 1 amide bonds. The molecule has 11 nitrogen and oxygen atoms in total. The van der Waals surface area contributed by atoms with E-state index in [4.69, 9.17) is 14.6 Å². The zero-order chi connectivity index (χ0) is 42.7. The molecule has 0 radical (unpaired) electrons. The molecule has 11 heteroatoms. The van der Waals surface area contributed by atoms with Crippen molar-refractivity contribution in [3.05, 3.63) is 132 Å². The second kappa shape index (κ2) is 33.0. The number of hydrogen-bond donors (Lipinski definition) is 2. The van der Waals surface area contributed by atoms with Crippen LogP contribution < -0.4 is 5.32 Å². The summed E-state index contributed by atoms with van der Waals surface area (Å²) in [5.74, 6) is -0.838. The van der Waals surface area contributed by atoms with Crippen LogP contribution in [0, 0.1) is 0 Å². The molecule has 0 unspecified atom stereocenters. The van der Waals surface area contributed by atoms with Crippen molar-refractivity contribution < 1.29 is 29.0 Å². The molecule has 326 valence electrons. The summed E-state index contributed by atoms with van der Waals surface area (Å²) in [4.78, 5) is 48.5. The molecule has 4 heterocycles. The molecule has 0 spiro atoms. The van der Waals surface area contributed by atoms with Gasteiger partial charge in [-0.2, -0.15) is 0 Å². The van der Waals surface area contributed by atoms with Crippen LogP contribution in [0.2, 0.25) is 0 Å². The number of aromatic nitrogens is 2. The molecule has 4 rings (SSSR count). The fraction of sp³-hybridized carbons (Fsp3) is 0.490. The van der Waals surface area contributed by atoms with Gasteiger partial charge in [0.1, 0.15) is 5.78 Å². The van der Waals surface area contributed by atoms with Gasteiger partial charge in [0.2, 0.25) is 0 Å². The van der Waals surface area contributed by atoms with Gasteiger partial charge in [-0.05, 0) is 75.6 Å². The maximum Gasteiger partial charge on any atom is 0.337 e. The lowest BCUT2D eigenvalue weighted by molar-refractivity contribution is -0.119. The van der Waals surface area contributed by atoms with E-state index in [9.17, 15) is 14.4 Å². The fourth-order valence-corrected chi connectivity index (χ4v) is 6.20. The number of carboxylic acids is 1. The molecule has 0 aromatic carbocycles. The number of rotatable bonds is 26. The number of allylic oxidation sites excluding steroid dienone is 12. The summed E-state index contributed by atoms with van der Waals surface area (Å²) in [6.07, 6.45) is 39.3. The minimum absolute atomic E-state index is 0.141. The third kappa shape index (κ3) is 24.3. The van der Waals surface area contributed by atoms with Crippen LogP contribution in [0.5, 0.6) is 0 Å². The van der Waals surface area contributed by atoms with E-state index in [2.05, 4.69) is 105 Å². The number of carbonyl (C=O) groups is 3. The van der Waals surface area contributed by atoms with Crippen molar-refractivity contribution in [3.8, 4) is 0 Å². The lowest BCUT2D eigenvalue weighted by Crippen LogP contribution is -2.37. The van der Waals surface area contributed by atoms with Gasteiger partial charge in [0.05, 0.1) is 37.6 Å². The molecule has 2 aromatic heterocycles. The molecule has 2 aliphatic rings. The van der Waals surface area contributed by atoms with E-state index >= 15 is 0 Å². The minimum atomic E-state index is -0.933. The molecule has 60 heavy (non-hydrogen) atoms. The number of ketones is 1. The highest BCUT2D eigenvalue weighted by Gasteiger charge is 2.12. The van der Waals surface area contributed by atoms with Gasteiger partial charge in [0, 0.05) is 95.3 Å². The predicted octanol–water partition coefficient (Wildman–Crippen LogP) is 8.17. The monoisotopic (exact) mass is 824 g/mol. The Kier molecular flexibility index (Phi) is 27.2. The Balaban J connectivity index is 0.000000466. The molecular weight excluding hydrogens is 755 g/mol. The average Bonchev–Trinajstić information content (AvgIpc) is 3.28. The summed E-state index contributed by atoms with van der Waals surface area (Å²) in [5, 5.41) is 11.6. The largest absolute Gasteiger partial charge is 0.478 e. The minimum Gasteiger partial charge on any atom is -0.478 e. The van der Waals surface area contributed by atoms with Gasteiger partial charge in [-0.3, -0.25) is 29.4 Å². The van der Waals surface area contributed by atoms with Crippen LogP contribution in [0.25, 0.3) is 0 Å². The van der Waals surface area contributed by atoms with E-state index in [0.717, 1.165) is 135 Å². The lowest BCUT2D eigenvalue weighted by Gasteiger charge is -2.26. The topological polar surface area (TPSA) is 134 Å². The number of morpholine rings is 2. The summed E-state index contributed by atoms with van der Waals surface area (Å²) in [7, 11) is 0. The Hall–Kier alpha value is -4.81. The van der Waals surface area contributed by atoms with E-state index in [1.54, 1.807) is 18.3 Å². The maximum atomic E-state index is 12.4. The zero-order valence-electron chi connectivity index (χ0n) is 35.9. The number of hydrogen-bond acceptors (Lipinski definition) is 9. The van der Waals surface area contributed by atoms with Gasteiger partial charge in [0.15, 0.2) is 0 Å². The number of Topliss-reactive ketones (excluding diaryl/α,β-unsaturated/α-hetero) is 1. The number of carboxylic acid groups (broad SMARTS) is 1.